The van der Waals surface area contributed by atoms with Gasteiger partial charge in [0.1, 0.15) is 17.9 Å². The molecule has 9 heteroatoms. The van der Waals surface area contributed by atoms with Crippen LogP contribution in [0.2, 0.25) is 0 Å². The Morgan fingerprint density at radius 1 is 1.16 bits per heavy atom. The normalized spacial score (nSPS) is 18.0. The van der Waals surface area contributed by atoms with Gasteiger partial charge in [0.25, 0.3) is 5.91 Å². The molecule has 0 spiro atoms. The Balaban J connectivity index is 1.77. The summed E-state index contributed by atoms with van der Waals surface area (Å²) in [5, 5.41) is 5.16. The zero-order valence-electron chi connectivity index (χ0n) is 17.5. The monoisotopic (exact) mass is 427 g/mol. The van der Waals surface area contributed by atoms with E-state index in [-0.39, 0.29) is 0 Å². The number of hydrogen-bond acceptors (Lipinski definition) is 5. The van der Waals surface area contributed by atoms with Gasteiger partial charge in [-0.1, -0.05) is 12.1 Å². The van der Waals surface area contributed by atoms with Gasteiger partial charge in [-0.05, 0) is 61.7 Å². The molecule has 0 radical (unpaired) electrons. The summed E-state index contributed by atoms with van der Waals surface area (Å²) >= 11 is 0. The Bertz CT molecular complexity index is 1080. The molecule has 4 amide bonds. The Labute approximate surface area is 178 Å². The van der Waals surface area contributed by atoms with Crippen molar-refractivity contribution in [3.05, 3.63) is 64.5 Å². The Morgan fingerprint density at radius 2 is 1.81 bits per heavy atom. The van der Waals surface area contributed by atoms with Crippen LogP contribution in [0.5, 0.6) is 0 Å². The van der Waals surface area contributed by atoms with Crippen molar-refractivity contribution in [2.45, 2.75) is 26.3 Å². The Hall–Kier alpha value is -3.75. The molecule has 1 heterocycles. The maximum Gasteiger partial charge on any atom is 0.338 e. The fraction of sp³-hybridized carbons (Fsp3) is 0.273. The molecule has 1 atom stereocenters. The molecular weight excluding hydrogens is 405 g/mol. The van der Waals surface area contributed by atoms with Gasteiger partial charge in [-0.3, -0.25) is 14.5 Å². The number of amides is 4. The van der Waals surface area contributed by atoms with E-state index in [2.05, 4.69) is 10.6 Å². The van der Waals surface area contributed by atoms with Gasteiger partial charge in [-0.2, -0.15) is 0 Å². The minimum atomic E-state index is -1.41. The third-order valence-corrected chi connectivity index (χ3v) is 5.35. The number of hydrogen-bond donors (Lipinski definition) is 2. The van der Waals surface area contributed by atoms with Crippen LogP contribution in [0, 0.1) is 19.7 Å². The van der Waals surface area contributed by atoms with Crippen molar-refractivity contribution in [1.29, 1.82) is 0 Å². The van der Waals surface area contributed by atoms with Gasteiger partial charge >= 0.3 is 12.0 Å². The lowest BCUT2D eigenvalue weighted by molar-refractivity contribution is -0.133. The molecule has 1 fully saturated rings. The maximum atomic E-state index is 13.2. The minimum absolute atomic E-state index is 0.302. The molecule has 2 aromatic rings. The highest BCUT2D eigenvalue weighted by Crippen LogP contribution is 2.29. The summed E-state index contributed by atoms with van der Waals surface area (Å²) in [6, 6.07) is 7.60. The summed E-state index contributed by atoms with van der Waals surface area (Å²) in [6.07, 6.45) is 0. The summed E-state index contributed by atoms with van der Waals surface area (Å²) in [6.45, 7) is 4.51. The van der Waals surface area contributed by atoms with E-state index in [9.17, 15) is 23.6 Å². The molecule has 1 unspecified atom stereocenters. The lowest BCUT2D eigenvalue weighted by Gasteiger charge is -2.22. The van der Waals surface area contributed by atoms with E-state index < -0.39 is 41.7 Å². The second-order valence-electron chi connectivity index (χ2n) is 7.46. The second kappa shape index (κ2) is 8.17. The van der Waals surface area contributed by atoms with E-state index in [1.54, 1.807) is 19.9 Å². The Kier molecular flexibility index (Phi) is 5.79. The zero-order valence-corrected chi connectivity index (χ0v) is 17.5. The van der Waals surface area contributed by atoms with E-state index in [0.717, 1.165) is 10.5 Å². The van der Waals surface area contributed by atoms with Crippen molar-refractivity contribution in [1.82, 2.24) is 10.2 Å². The number of rotatable bonds is 5. The van der Waals surface area contributed by atoms with Crippen LogP contribution >= 0.6 is 0 Å². The first-order valence-corrected chi connectivity index (χ1v) is 9.46. The number of methoxy groups -OCH3 is 1. The maximum absolute atomic E-state index is 13.2. The van der Waals surface area contributed by atoms with Crippen molar-refractivity contribution < 1.29 is 28.3 Å². The lowest BCUT2D eigenvalue weighted by Crippen LogP contribution is -2.42. The summed E-state index contributed by atoms with van der Waals surface area (Å²) in [5.41, 5.74) is 1.10. The summed E-state index contributed by atoms with van der Waals surface area (Å²) < 4.78 is 18.0. The highest BCUT2D eigenvalue weighted by molar-refractivity contribution is 6.10. The molecule has 0 aliphatic carbocycles. The highest BCUT2D eigenvalue weighted by atomic mass is 19.1. The van der Waals surface area contributed by atoms with Crippen molar-refractivity contribution >= 4 is 29.5 Å². The number of nitrogens with one attached hydrogen (secondary N) is 2. The molecule has 1 aliphatic heterocycles. The van der Waals surface area contributed by atoms with Crippen molar-refractivity contribution in [2.75, 3.05) is 19.0 Å². The molecule has 2 N–H and O–H groups in total. The first-order valence-electron chi connectivity index (χ1n) is 9.46. The van der Waals surface area contributed by atoms with Gasteiger partial charge in [0.15, 0.2) is 0 Å². The molecule has 2 aromatic carbocycles. The minimum Gasteiger partial charge on any atom is -0.465 e. The van der Waals surface area contributed by atoms with Gasteiger partial charge < -0.3 is 15.4 Å². The van der Waals surface area contributed by atoms with E-state index in [1.165, 1.54) is 44.4 Å². The summed E-state index contributed by atoms with van der Waals surface area (Å²) in [7, 11) is 1.26. The third kappa shape index (κ3) is 4.11. The number of nitrogens with zero attached hydrogens (tertiary/aromatic N) is 1. The van der Waals surface area contributed by atoms with Crippen LogP contribution in [0.4, 0.5) is 14.9 Å². The molecule has 1 aliphatic rings. The van der Waals surface area contributed by atoms with Gasteiger partial charge in [0.05, 0.1) is 12.7 Å². The van der Waals surface area contributed by atoms with Crippen LogP contribution in [0.15, 0.2) is 36.4 Å². The van der Waals surface area contributed by atoms with Gasteiger partial charge in [0, 0.05) is 5.69 Å². The van der Waals surface area contributed by atoms with Crippen LogP contribution in [0.1, 0.15) is 34.0 Å². The molecule has 0 aromatic heterocycles. The number of anilines is 1. The molecule has 1 saturated heterocycles. The van der Waals surface area contributed by atoms with Crippen LogP contribution in [-0.2, 0) is 19.9 Å². The SMILES string of the molecule is COC(=O)c1cc(NC(=O)CN2C(=O)NC(C)(c3ccc(F)cc3)C2=O)cc(C)c1C. The first kappa shape index (κ1) is 21.9. The number of esters is 1. The Morgan fingerprint density at radius 3 is 2.42 bits per heavy atom. The molecule has 8 nitrogen and oxygen atoms in total. The molecular formula is C22H22FN3O5. The summed E-state index contributed by atoms with van der Waals surface area (Å²) in [5.74, 6) is -2.26. The third-order valence-electron chi connectivity index (χ3n) is 5.35. The largest absolute Gasteiger partial charge is 0.465 e. The van der Waals surface area contributed by atoms with Crippen molar-refractivity contribution in [3.63, 3.8) is 0 Å². The number of halogens is 1. The topological polar surface area (TPSA) is 105 Å². The molecule has 0 bridgehead atoms. The van der Waals surface area contributed by atoms with Crippen molar-refractivity contribution in [3.8, 4) is 0 Å². The fourth-order valence-corrected chi connectivity index (χ4v) is 3.42. The molecule has 162 valence electrons. The molecule has 3 rings (SSSR count). The zero-order chi connectivity index (χ0) is 22.9. The van der Waals surface area contributed by atoms with Gasteiger partial charge in [0.2, 0.25) is 5.91 Å². The van der Waals surface area contributed by atoms with Crippen LogP contribution in [-0.4, -0.2) is 42.4 Å². The second-order valence-corrected chi connectivity index (χ2v) is 7.46. The van der Waals surface area contributed by atoms with Crippen molar-refractivity contribution in [2.24, 2.45) is 0 Å². The van der Waals surface area contributed by atoms with E-state index >= 15 is 0 Å². The van der Waals surface area contributed by atoms with E-state index in [1.807, 2.05) is 0 Å². The van der Waals surface area contributed by atoms with Crippen LogP contribution in [0.3, 0.4) is 0 Å². The smallest absolute Gasteiger partial charge is 0.338 e. The lowest BCUT2D eigenvalue weighted by atomic mass is 9.92. The quantitative estimate of drug-likeness (QED) is 0.564. The number of imide groups is 1. The number of urea groups is 1. The fourth-order valence-electron chi connectivity index (χ4n) is 3.42. The highest BCUT2D eigenvalue weighted by Gasteiger charge is 2.49. The van der Waals surface area contributed by atoms with E-state index in [0.29, 0.717) is 22.4 Å². The van der Waals surface area contributed by atoms with E-state index in [4.69, 9.17) is 4.74 Å². The molecule has 0 saturated carbocycles. The first-order chi connectivity index (χ1) is 14.6. The number of carbonyl (C=O) groups is 4. The number of aryl methyl sites for hydroxylation is 1. The average molecular weight is 427 g/mol. The predicted octanol–water partition coefficient (Wildman–Crippen LogP) is 2.63. The average Bonchev–Trinajstić information content (AvgIpc) is 2.94. The van der Waals surface area contributed by atoms with Crippen LogP contribution in [0.25, 0.3) is 0 Å². The number of benzene rings is 2. The van der Waals surface area contributed by atoms with Gasteiger partial charge in [-0.25, -0.2) is 14.0 Å². The number of ether oxygens (including phenoxy) is 1. The van der Waals surface area contributed by atoms with Crippen LogP contribution < -0.4 is 10.6 Å². The predicted molar refractivity (Wildman–Crippen MR) is 110 cm³/mol. The van der Waals surface area contributed by atoms with Gasteiger partial charge in [-0.15, -0.1) is 0 Å². The molecule has 31 heavy (non-hydrogen) atoms. The number of carbonyl (C=O) groups excluding carboxylic acids is 4. The summed E-state index contributed by atoms with van der Waals surface area (Å²) in [4.78, 5) is 50.6. The standard InChI is InChI=1S/C22H22FN3O5/c1-12-9-16(10-17(13(12)2)19(28)31-4)24-18(27)11-26-20(29)22(3,25-21(26)30)14-5-7-15(23)8-6-14/h5-10H,11H2,1-4H3,(H,24,27)(H,25,30).